The number of carbonyl (C=O) groups is 1. The van der Waals surface area contributed by atoms with Crippen molar-refractivity contribution in [1.82, 2.24) is 4.98 Å². The molecule has 0 unspecified atom stereocenters. The fourth-order valence-corrected chi connectivity index (χ4v) is 3.21. The predicted octanol–water partition coefficient (Wildman–Crippen LogP) is 2.86. The van der Waals surface area contributed by atoms with Crippen LogP contribution in [0.1, 0.15) is 12.8 Å². The van der Waals surface area contributed by atoms with Crippen LogP contribution in [-0.2, 0) is 9.53 Å². The quantitative estimate of drug-likeness (QED) is 0.909. The molecule has 1 aliphatic heterocycles. The first-order chi connectivity index (χ1) is 10.2. The molecule has 0 spiro atoms. The minimum absolute atomic E-state index is 0.447. The number of rotatable bonds is 4. The number of nitrogens with one attached hydrogen (secondary N) is 1. The zero-order valence-corrected chi connectivity index (χ0v) is 12.2. The second kappa shape index (κ2) is 5.83. The van der Waals surface area contributed by atoms with Crippen molar-refractivity contribution >= 4 is 22.4 Å². The molecule has 3 rings (SSSR count). The van der Waals surface area contributed by atoms with Crippen LogP contribution in [0.5, 0.6) is 0 Å². The highest BCUT2D eigenvalue weighted by atomic mass is 32.1. The molecule has 0 saturated carbocycles. The summed E-state index contributed by atoms with van der Waals surface area (Å²) in [6.07, 6.45) is 0.894. The van der Waals surface area contributed by atoms with Crippen LogP contribution in [0.3, 0.4) is 0 Å². The maximum absolute atomic E-state index is 11.6. The van der Waals surface area contributed by atoms with Crippen molar-refractivity contribution in [3.8, 4) is 11.3 Å². The molecule has 1 saturated heterocycles. The topological polar surface area (TPSA) is 71.5 Å². The van der Waals surface area contributed by atoms with Crippen LogP contribution in [0.15, 0.2) is 35.7 Å². The Morgan fingerprint density at radius 3 is 2.67 bits per heavy atom. The first-order valence-corrected chi connectivity index (χ1v) is 7.68. The number of hydrogen-bond donors (Lipinski definition) is 2. The molecule has 2 aromatic rings. The van der Waals surface area contributed by atoms with Gasteiger partial charge in [-0.3, -0.25) is 0 Å². The summed E-state index contributed by atoms with van der Waals surface area (Å²) in [4.78, 5) is 16.1. The van der Waals surface area contributed by atoms with Gasteiger partial charge in [0.05, 0.1) is 5.69 Å². The molecule has 21 heavy (non-hydrogen) atoms. The van der Waals surface area contributed by atoms with E-state index in [1.165, 1.54) is 11.3 Å². The Bertz CT molecular complexity index is 621. The van der Waals surface area contributed by atoms with Crippen molar-refractivity contribution in [2.75, 3.05) is 18.5 Å². The molecule has 0 aliphatic carbocycles. The van der Waals surface area contributed by atoms with E-state index < -0.39 is 11.5 Å². The van der Waals surface area contributed by atoms with Crippen LogP contribution in [-0.4, -0.2) is 34.8 Å². The minimum Gasteiger partial charge on any atom is -0.480 e. The van der Waals surface area contributed by atoms with E-state index in [-0.39, 0.29) is 0 Å². The summed E-state index contributed by atoms with van der Waals surface area (Å²) in [6.45, 7) is 0.909. The number of ether oxygens (including phenoxy) is 1. The Morgan fingerprint density at radius 1 is 1.29 bits per heavy atom. The molecular formula is C15H16N2O3S. The highest BCUT2D eigenvalue weighted by molar-refractivity contribution is 7.14. The zero-order valence-electron chi connectivity index (χ0n) is 11.4. The highest BCUT2D eigenvalue weighted by Gasteiger charge is 2.40. The fourth-order valence-electron chi connectivity index (χ4n) is 2.39. The van der Waals surface area contributed by atoms with Gasteiger partial charge >= 0.3 is 5.97 Å². The maximum atomic E-state index is 11.6. The molecule has 5 nitrogen and oxygen atoms in total. The van der Waals surface area contributed by atoms with E-state index in [0.717, 1.165) is 11.3 Å². The fraction of sp³-hybridized carbons (Fsp3) is 0.333. The standard InChI is InChI=1S/C15H16N2O3S/c18-13(19)15(6-8-20-9-7-15)17-14-16-12(10-21-14)11-4-2-1-3-5-11/h1-5,10H,6-9H2,(H,16,17)(H,18,19). The molecule has 1 aromatic heterocycles. The minimum atomic E-state index is -0.968. The number of benzene rings is 1. The molecule has 2 N–H and O–H groups in total. The smallest absolute Gasteiger partial charge is 0.329 e. The number of hydrogen-bond acceptors (Lipinski definition) is 5. The number of carboxylic acids is 1. The SMILES string of the molecule is O=C(O)C1(Nc2nc(-c3ccccc3)cs2)CCOCC1. The predicted molar refractivity (Wildman–Crippen MR) is 81.6 cm³/mol. The Morgan fingerprint density at radius 2 is 2.00 bits per heavy atom. The van der Waals surface area contributed by atoms with Crippen molar-refractivity contribution in [3.63, 3.8) is 0 Å². The largest absolute Gasteiger partial charge is 0.480 e. The van der Waals surface area contributed by atoms with Gasteiger partial charge in [-0.25, -0.2) is 9.78 Å². The first-order valence-electron chi connectivity index (χ1n) is 6.80. The van der Waals surface area contributed by atoms with E-state index in [1.807, 2.05) is 35.7 Å². The molecule has 6 heteroatoms. The van der Waals surface area contributed by atoms with Crippen LogP contribution in [0.2, 0.25) is 0 Å². The number of aliphatic carboxylic acids is 1. The van der Waals surface area contributed by atoms with Gasteiger partial charge in [-0.05, 0) is 0 Å². The maximum Gasteiger partial charge on any atom is 0.329 e. The molecule has 0 atom stereocenters. The molecule has 2 heterocycles. The van der Waals surface area contributed by atoms with Crippen molar-refractivity contribution in [1.29, 1.82) is 0 Å². The monoisotopic (exact) mass is 304 g/mol. The molecule has 1 fully saturated rings. The van der Waals surface area contributed by atoms with Gasteiger partial charge in [-0.1, -0.05) is 30.3 Å². The van der Waals surface area contributed by atoms with Gasteiger partial charge in [0.2, 0.25) is 0 Å². The van der Waals surface area contributed by atoms with Crippen LogP contribution >= 0.6 is 11.3 Å². The van der Waals surface area contributed by atoms with Crippen molar-refractivity contribution in [2.45, 2.75) is 18.4 Å². The number of carboxylic acid groups (broad SMARTS) is 1. The van der Waals surface area contributed by atoms with E-state index in [0.29, 0.717) is 31.2 Å². The number of aromatic nitrogens is 1. The Balaban J connectivity index is 1.81. The molecule has 1 aliphatic rings. The lowest BCUT2D eigenvalue weighted by atomic mass is 9.90. The van der Waals surface area contributed by atoms with Gasteiger partial charge in [0.1, 0.15) is 5.54 Å². The van der Waals surface area contributed by atoms with Crippen molar-refractivity contribution in [2.24, 2.45) is 0 Å². The van der Waals surface area contributed by atoms with Gasteiger partial charge in [-0.15, -0.1) is 11.3 Å². The highest BCUT2D eigenvalue weighted by Crippen LogP contribution is 2.30. The number of anilines is 1. The lowest BCUT2D eigenvalue weighted by Crippen LogP contribution is -2.50. The molecule has 1 aromatic carbocycles. The van der Waals surface area contributed by atoms with Gasteiger partial charge in [0.15, 0.2) is 5.13 Å². The summed E-state index contributed by atoms with van der Waals surface area (Å²) < 4.78 is 5.27. The lowest BCUT2D eigenvalue weighted by Gasteiger charge is -2.33. The van der Waals surface area contributed by atoms with E-state index in [2.05, 4.69) is 10.3 Å². The summed E-state index contributed by atoms with van der Waals surface area (Å²) in [5.41, 5.74) is 0.915. The van der Waals surface area contributed by atoms with Crippen LogP contribution in [0, 0.1) is 0 Å². The summed E-state index contributed by atoms with van der Waals surface area (Å²) in [7, 11) is 0. The third kappa shape index (κ3) is 2.91. The van der Waals surface area contributed by atoms with Crippen LogP contribution < -0.4 is 5.32 Å². The van der Waals surface area contributed by atoms with Crippen molar-refractivity contribution < 1.29 is 14.6 Å². The molecular weight excluding hydrogens is 288 g/mol. The average molecular weight is 304 g/mol. The summed E-state index contributed by atoms with van der Waals surface area (Å²) in [5.74, 6) is -0.845. The number of nitrogens with zero attached hydrogens (tertiary/aromatic N) is 1. The second-order valence-electron chi connectivity index (χ2n) is 5.03. The van der Waals surface area contributed by atoms with Crippen molar-refractivity contribution in [3.05, 3.63) is 35.7 Å². The lowest BCUT2D eigenvalue weighted by molar-refractivity contribution is -0.145. The summed E-state index contributed by atoms with van der Waals surface area (Å²) in [5, 5.41) is 15.2. The normalized spacial score (nSPS) is 17.3. The van der Waals surface area contributed by atoms with Gasteiger partial charge in [-0.2, -0.15) is 0 Å². The molecule has 0 bridgehead atoms. The summed E-state index contributed by atoms with van der Waals surface area (Å²) in [6, 6.07) is 9.84. The van der Waals surface area contributed by atoms with E-state index >= 15 is 0 Å². The molecule has 0 amide bonds. The molecule has 0 radical (unpaired) electrons. The van der Waals surface area contributed by atoms with Crippen LogP contribution in [0.4, 0.5) is 5.13 Å². The van der Waals surface area contributed by atoms with E-state index in [9.17, 15) is 9.90 Å². The Hall–Kier alpha value is -1.92. The first kappa shape index (κ1) is 14.0. The Kier molecular flexibility index (Phi) is 3.90. The number of thiazole rings is 1. The van der Waals surface area contributed by atoms with Gasteiger partial charge < -0.3 is 15.2 Å². The third-order valence-electron chi connectivity index (χ3n) is 3.68. The molecule has 110 valence electrons. The van der Waals surface area contributed by atoms with E-state index in [4.69, 9.17) is 4.74 Å². The van der Waals surface area contributed by atoms with Gasteiger partial charge in [0, 0.05) is 37.0 Å². The van der Waals surface area contributed by atoms with Crippen LogP contribution in [0.25, 0.3) is 11.3 Å². The summed E-state index contributed by atoms with van der Waals surface area (Å²) >= 11 is 1.43. The van der Waals surface area contributed by atoms with Gasteiger partial charge in [0.25, 0.3) is 0 Å². The Labute approximate surface area is 126 Å². The zero-order chi connectivity index (χ0) is 14.7. The van der Waals surface area contributed by atoms with E-state index in [1.54, 1.807) is 0 Å². The average Bonchev–Trinajstić information content (AvgIpc) is 2.97. The third-order valence-corrected chi connectivity index (χ3v) is 4.43. The second-order valence-corrected chi connectivity index (χ2v) is 5.89.